The first kappa shape index (κ1) is 17.1. The molecule has 0 radical (unpaired) electrons. The van der Waals surface area contributed by atoms with Gasteiger partial charge in [-0.3, -0.25) is 0 Å². The Hall–Kier alpha value is -2.31. The Morgan fingerprint density at radius 2 is 1.69 bits per heavy atom. The van der Waals surface area contributed by atoms with Crippen LogP contribution in [0, 0.1) is 0 Å². The molecule has 0 aliphatic carbocycles. The Labute approximate surface area is 154 Å². The van der Waals surface area contributed by atoms with E-state index in [4.69, 9.17) is 9.31 Å². The molecule has 0 spiro atoms. The fraction of sp³-hybridized carbons (Fsp3) is 0.350. The van der Waals surface area contributed by atoms with Gasteiger partial charge in [0.1, 0.15) is 0 Å². The van der Waals surface area contributed by atoms with Crippen molar-refractivity contribution in [1.82, 2.24) is 9.97 Å². The van der Waals surface area contributed by atoms with E-state index in [1.54, 1.807) is 0 Å². The maximum Gasteiger partial charge on any atom is 0.494 e. The number of H-pyrrole nitrogens is 1. The summed E-state index contributed by atoms with van der Waals surface area (Å²) in [5.74, 6) is 0.759. The molecule has 1 aromatic heterocycles. The van der Waals surface area contributed by atoms with Gasteiger partial charge in [0.05, 0.1) is 22.2 Å². The lowest BCUT2D eigenvalue weighted by Crippen LogP contribution is -2.41. The van der Waals surface area contributed by atoms with Crippen molar-refractivity contribution in [3.63, 3.8) is 0 Å². The van der Waals surface area contributed by atoms with Crippen molar-refractivity contribution in [3.8, 4) is 0 Å². The third-order valence-electron chi connectivity index (χ3n) is 5.33. The van der Waals surface area contributed by atoms with E-state index in [9.17, 15) is 0 Å². The summed E-state index contributed by atoms with van der Waals surface area (Å²) in [6.45, 7) is 8.98. The van der Waals surface area contributed by atoms with Crippen LogP contribution in [0.4, 0.5) is 5.95 Å². The summed E-state index contributed by atoms with van der Waals surface area (Å²) < 4.78 is 12.3. The number of rotatable bonds is 4. The molecule has 4 rings (SSSR count). The van der Waals surface area contributed by atoms with Gasteiger partial charge in [0, 0.05) is 6.54 Å². The van der Waals surface area contributed by atoms with E-state index in [0.29, 0.717) is 0 Å². The molecule has 0 saturated carbocycles. The van der Waals surface area contributed by atoms with E-state index in [1.165, 1.54) is 5.56 Å². The molecule has 2 heterocycles. The highest BCUT2D eigenvalue weighted by atomic mass is 16.7. The number of fused-ring (bicyclic) bond motifs is 1. The molecule has 0 bridgehead atoms. The molecule has 5 nitrogen and oxygen atoms in total. The van der Waals surface area contributed by atoms with Gasteiger partial charge in [-0.1, -0.05) is 36.4 Å². The van der Waals surface area contributed by atoms with Crippen LogP contribution in [-0.2, 0) is 15.9 Å². The Morgan fingerprint density at radius 1 is 1.00 bits per heavy atom. The number of benzene rings is 2. The number of hydrogen-bond acceptors (Lipinski definition) is 4. The minimum Gasteiger partial charge on any atom is -0.399 e. The third-order valence-corrected chi connectivity index (χ3v) is 5.33. The highest BCUT2D eigenvalue weighted by molar-refractivity contribution is 6.62. The molecule has 0 amide bonds. The normalized spacial score (nSPS) is 18.4. The van der Waals surface area contributed by atoms with E-state index >= 15 is 0 Å². The molecule has 2 N–H and O–H groups in total. The first-order valence-corrected chi connectivity index (χ1v) is 8.97. The van der Waals surface area contributed by atoms with Gasteiger partial charge < -0.3 is 19.6 Å². The molecule has 0 atom stereocenters. The van der Waals surface area contributed by atoms with Gasteiger partial charge in [-0.2, -0.15) is 0 Å². The molecule has 6 heteroatoms. The van der Waals surface area contributed by atoms with Gasteiger partial charge in [0.15, 0.2) is 0 Å². The van der Waals surface area contributed by atoms with Crippen LogP contribution < -0.4 is 10.8 Å². The SMILES string of the molecule is CC1(C)OB(c2ccc3nc(NCc4ccccc4)[nH]c3c2)OC1(C)C. The molecular weight excluding hydrogens is 325 g/mol. The standard InChI is InChI=1S/C20H24BN3O2/c1-19(2)20(3,4)26-21(25-19)15-10-11-16-17(12-15)24-18(23-16)22-13-14-8-6-5-7-9-14/h5-12H,13H2,1-4H3,(H2,22,23,24). The Kier molecular flexibility index (Phi) is 4.05. The first-order valence-electron chi connectivity index (χ1n) is 8.97. The van der Waals surface area contributed by atoms with Crippen molar-refractivity contribution in [1.29, 1.82) is 0 Å². The molecular formula is C20H24BN3O2. The van der Waals surface area contributed by atoms with E-state index in [0.717, 1.165) is 29.0 Å². The van der Waals surface area contributed by atoms with Gasteiger partial charge in [-0.15, -0.1) is 0 Å². The summed E-state index contributed by atoms with van der Waals surface area (Å²) in [5.41, 5.74) is 3.40. The summed E-state index contributed by atoms with van der Waals surface area (Å²) >= 11 is 0. The summed E-state index contributed by atoms with van der Waals surface area (Å²) in [6.07, 6.45) is 0. The second kappa shape index (κ2) is 6.14. The van der Waals surface area contributed by atoms with Gasteiger partial charge in [-0.05, 0) is 50.9 Å². The number of aromatic nitrogens is 2. The van der Waals surface area contributed by atoms with Gasteiger partial charge in [0.25, 0.3) is 0 Å². The number of hydrogen-bond donors (Lipinski definition) is 2. The molecule has 2 aromatic carbocycles. The molecule has 1 fully saturated rings. The predicted molar refractivity (Wildman–Crippen MR) is 106 cm³/mol. The number of aromatic amines is 1. The van der Waals surface area contributed by atoms with E-state index < -0.39 is 0 Å². The Morgan fingerprint density at radius 3 is 2.38 bits per heavy atom. The number of nitrogens with zero attached hydrogens (tertiary/aromatic N) is 1. The lowest BCUT2D eigenvalue weighted by atomic mass is 9.79. The van der Waals surface area contributed by atoms with Crippen molar-refractivity contribution in [2.75, 3.05) is 5.32 Å². The average molecular weight is 349 g/mol. The van der Waals surface area contributed by atoms with E-state index in [2.05, 4.69) is 61.2 Å². The molecule has 1 saturated heterocycles. The average Bonchev–Trinajstić information content (AvgIpc) is 3.10. The first-order chi connectivity index (χ1) is 12.3. The van der Waals surface area contributed by atoms with Crippen molar-refractivity contribution >= 4 is 29.6 Å². The van der Waals surface area contributed by atoms with Crippen LogP contribution in [0.15, 0.2) is 48.5 Å². The smallest absolute Gasteiger partial charge is 0.399 e. The number of imidazole rings is 1. The van der Waals surface area contributed by atoms with Crippen LogP contribution in [0.5, 0.6) is 0 Å². The quantitative estimate of drug-likeness (QED) is 0.708. The summed E-state index contributed by atoms with van der Waals surface area (Å²) in [5, 5.41) is 3.34. The predicted octanol–water partition coefficient (Wildman–Crippen LogP) is 3.47. The fourth-order valence-corrected chi connectivity index (χ4v) is 3.02. The van der Waals surface area contributed by atoms with Crippen molar-refractivity contribution in [3.05, 3.63) is 54.1 Å². The molecule has 0 unspecified atom stereocenters. The zero-order valence-electron chi connectivity index (χ0n) is 15.7. The topological polar surface area (TPSA) is 59.2 Å². The monoisotopic (exact) mass is 349 g/mol. The zero-order chi connectivity index (χ0) is 18.4. The maximum absolute atomic E-state index is 6.14. The Bertz CT molecular complexity index is 905. The minimum atomic E-state index is -0.367. The molecule has 1 aliphatic rings. The fourth-order valence-electron chi connectivity index (χ4n) is 3.02. The largest absolute Gasteiger partial charge is 0.494 e. The molecule has 3 aromatic rings. The third kappa shape index (κ3) is 3.11. The van der Waals surface area contributed by atoms with Gasteiger partial charge >= 0.3 is 7.12 Å². The van der Waals surface area contributed by atoms with Crippen LogP contribution >= 0.6 is 0 Å². The maximum atomic E-state index is 6.14. The lowest BCUT2D eigenvalue weighted by molar-refractivity contribution is 0.00578. The number of nitrogens with one attached hydrogen (secondary N) is 2. The minimum absolute atomic E-state index is 0.344. The second-order valence-electron chi connectivity index (χ2n) is 7.79. The second-order valence-corrected chi connectivity index (χ2v) is 7.79. The molecule has 26 heavy (non-hydrogen) atoms. The molecule has 1 aliphatic heterocycles. The summed E-state index contributed by atoms with van der Waals surface area (Å²) in [4.78, 5) is 7.94. The van der Waals surface area contributed by atoms with Crippen molar-refractivity contribution < 1.29 is 9.31 Å². The highest BCUT2D eigenvalue weighted by Gasteiger charge is 2.51. The zero-order valence-corrected chi connectivity index (χ0v) is 15.7. The highest BCUT2D eigenvalue weighted by Crippen LogP contribution is 2.36. The van der Waals surface area contributed by atoms with Crippen LogP contribution in [0.25, 0.3) is 11.0 Å². The van der Waals surface area contributed by atoms with Gasteiger partial charge in [0.2, 0.25) is 5.95 Å². The molecule has 134 valence electrons. The summed E-state index contributed by atoms with van der Waals surface area (Å²) in [6, 6.07) is 16.3. The van der Waals surface area contributed by atoms with Crippen molar-refractivity contribution in [2.24, 2.45) is 0 Å². The van der Waals surface area contributed by atoms with Crippen LogP contribution in [-0.4, -0.2) is 28.3 Å². The van der Waals surface area contributed by atoms with Crippen LogP contribution in [0.1, 0.15) is 33.3 Å². The lowest BCUT2D eigenvalue weighted by Gasteiger charge is -2.32. The van der Waals surface area contributed by atoms with Crippen LogP contribution in [0.3, 0.4) is 0 Å². The summed E-state index contributed by atoms with van der Waals surface area (Å²) in [7, 11) is -0.367. The van der Waals surface area contributed by atoms with Crippen LogP contribution in [0.2, 0.25) is 0 Å². The van der Waals surface area contributed by atoms with Gasteiger partial charge in [-0.25, -0.2) is 4.98 Å². The van der Waals surface area contributed by atoms with E-state index in [1.807, 2.05) is 30.3 Å². The number of anilines is 1. The van der Waals surface area contributed by atoms with E-state index in [-0.39, 0.29) is 18.3 Å². The van der Waals surface area contributed by atoms with Crippen molar-refractivity contribution in [2.45, 2.75) is 45.4 Å². The Balaban J connectivity index is 1.53.